The van der Waals surface area contributed by atoms with Gasteiger partial charge in [-0.2, -0.15) is 0 Å². The highest BCUT2D eigenvalue weighted by molar-refractivity contribution is 7.92. The van der Waals surface area contributed by atoms with Gasteiger partial charge in [0.2, 0.25) is 0 Å². The van der Waals surface area contributed by atoms with Gasteiger partial charge in [-0.25, -0.2) is 8.42 Å². The number of hydrogen-bond donors (Lipinski definition) is 2. The summed E-state index contributed by atoms with van der Waals surface area (Å²) in [4.78, 5) is 12.0. The number of carbonyl (C=O) groups excluding carboxylic acids is 1. The lowest BCUT2D eigenvalue weighted by Crippen LogP contribution is -2.28. The Bertz CT molecular complexity index is 1120. The lowest BCUT2D eigenvalue weighted by molar-refractivity contribution is -0.123. The molecule has 8 heteroatoms. The first-order valence-corrected chi connectivity index (χ1v) is 11.0. The van der Waals surface area contributed by atoms with Crippen molar-refractivity contribution in [2.75, 3.05) is 11.3 Å². The van der Waals surface area contributed by atoms with E-state index in [2.05, 4.69) is 10.0 Å². The van der Waals surface area contributed by atoms with E-state index in [-0.39, 0.29) is 17.4 Å². The second-order valence-corrected chi connectivity index (χ2v) is 8.68. The number of hydrogen-bond acceptors (Lipinski definition) is 4. The van der Waals surface area contributed by atoms with Crippen molar-refractivity contribution in [2.45, 2.75) is 18.4 Å². The summed E-state index contributed by atoms with van der Waals surface area (Å²) >= 11 is 6.04. The lowest BCUT2D eigenvalue weighted by atomic mass is 10.2. The Labute approximate surface area is 180 Å². The fourth-order valence-electron chi connectivity index (χ4n) is 2.58. The zero-order chi connectivity index (χ0) is 21.6. The fraction of sp³-hybridized carbons (Fsp3) is 0.136. The molecule has 0 atom stereocenters. The SMILES string of the molecule is Cc1ccc(NS(=O)(=O)c2ccc(OCC(=O)NCc3ccccc3)cc2)cc1Cl. The third-order valence-corrected chi connectivity index (χ3v) is 6.06. The van der Waals surface area contributed by atoms with Crippen LogP contribution in [0.5, 0.6) is 5.75 Å². The van der Waals surface area contributed by atoms with Crippen molar-refractivity contribution >= 4 is 33.2 Å². The Hall–Kier alpha value is -3.03. The van der Waals surface area contributed by atoms with Gasteiger partial charge in [0.15, 0.2) is 6.61 Å². The molecule has 156 valence electrons. The van der Waals surface area contributed by atoms with Crippen molar-refractivity contribution < 1.29 is 17.9 Å². The molecule has 0 aromatic heterocycles. The zero-order valence-corrected chi connectivity index (χ0v) is 17.8. The maximum atomic E-state index is 12.5. The summed E-state index contributed by atoms with van der Waals surface area (Å²) < 4.78 is 33.0. The summed E-state index contributed by atoms with van der Waals surface area (Å²) in [6.07, 6.45) is 0. The van der Waals surface area contributed by atoms with E-state index in [1.54, 1.807) is 18.2 Å². The van der Waals surface area contributed by atoms with E-state index in [1.165, 1.54) is 24.3 Å². The topological polar surface area (TPSA) is 84.5 Å². The molecule has 0 unspecified atom stereocenters. The number of halogens is 1. The Kier molecular flexibility index (Phi) is 6.97. The van der Waals surface area contributed by atoms with Crippen molar-refractivity contribution in [3.05, 3.63) is 88.9 Å². The van der Waals surface area contributed by atoms with Crippen LogP contribution in [-0.2, 0) is 21.4 Å². The average Bonchev–Trinajstić information content (AvgIpc) is 2.74. The fourth-order valence-corrected chi connectivity index (χ4v) is 3.81. The molecule has 6 nitrogen and oxygen atoms in total. The van der Waals surface area contributed by atoms with Gasteiger partial charge in [-0.15, -0.1) is 0 Å². The van der Waals surface area contributed by atoms with Crippen LogP contribution in [0.25, 0.3) is 0 Å². The maximum Gasteiger partial charge on any atom is 0.261 e. The first kappa shape index (κ1) is 21.7. The van der Waals surface area contributed by atoms with Gasteiger partial charge in [0.25, 0.3) is 15.9 Å². The van der Waals surface area contributed by atoms with Crippen molar-refractivity contribution in [1.29, 1.82) is 0 Å². The molecule has 0 aliphatic carbocycles. The number of sulfonamides is 1. The number of amides is 1. The van der Waals surface area contributed by atoms with Gasteiger partial charge in [-0.1, -0.05) is 48.0 Å². The van der Waals surface area contributed by atoms with Crippen LogP contribution in [0.4, 0.5) is 5.69 Å². The molecular weight excluding hydrogens is 424 g/mol. The molecule has 0 fully saturated rings. The van der Waals surface area contributed by atoms with Crippen LogP contribution >= 0.6 is 11.6 Å². The number of aryl methyl sites for hydroxylation is 1. The minimum absolute atomic E-state index is 0.0695. The minimum atomic E-state index is -3.77. The quantitative estimate of drug-likeness (QED) is 0.546. The molecule has 3 aromatic rings. The van der Waals surface area contributed by atoms with E-state index in [9.17, 15) is 13.2 Å². The van der Waals surface area contributed by atoms with E-state index >= 15 is 0 Å². The van der Waals surface area contributed by atoms with Gasteiger partial charge in [0.05, 0.1) is 10.6 Å². The normalized spacial score (nSPS) is 11.0. The molecule has 0 heterocycles. The van der Waals surface area contributed by atoms with Crippen molar-refractivity contribution in [1.82, 2.24) is 5.32 Å². The van der Waals surface area contributed by atoms with Crippen LogP contribution in [-0.4, -0.2) is 20.9 Å². The molecule has 0 saturated carbocycles. The summed E-state index contributed by atoms with van der Waals surface area (Å²) in [7, 11) is -3.77. The highest BCUT2D eigenvalue weighted by atomic mass is 35.5. The molecular formula is C22H21ClN2O4S. The molecule has 0 aliphatic rings. The molecule has 3 rings (SSSR count). The number of ether oxygens (including phenoxy) is 1. The van der Waals surface area contributed by atoms with Gasteiger partial charge in [0.1, 0.15) is 5.75 Å². The Morgan fingerprint density at radius 1 is 1.00 bits per heavy atom. The summed E-state index contributed by atoms with van der Waals surface area (Å²) in [5.41, 5.74) is 2.22. The smallest absolute Gasteiger partial charge is 0.261 e. The average molecular weight is 445 g/mol. The van der Waals surface area contributed by atoms with Crippen LogP contribution in [0.3, 0.4) is 0 Å². The van der Waals surface area contributed by atoms with Gasteiger partial charge in [0, 0.05) is 11.6 Å². The maximum absolute atomic E-state index is 12.5. The lowest BCUT2D eigenvalue weighted by Gasteiger charge is -2.11. The van der Waals surface area contributed by atoms with Gasteiger partial charge >= 0.3 is 0 Å². The molecule has 0 bridgehead atoms. The molecule has 0 saturated heterocycles. The molecule has 0 radical (unpaired) electrons. The zero-order valence-electron chi connectivity index (χ0n) is 16.3. The molecule has 2 N–H and O–H groups in total. The van der Waals surface area contributed by atoms with Crippen molar-refractivity contribution in [3.63, 3.8) is 0 Å². The summed E-state index contributed by atoms with van der Waals surface area (Å²) in [5.74, 6) is 0.121. The van der Waals surface area contributed by atoms with E-state index < -0.39 is 10.0 Å². The largest absolute Gasteiger partial charge is 0.484 e. The highest BCUT2D eigenvalue weighted by Gasteiger charge is 2.15. The predicted octanol–water partition coefficient (Wildman–Crippen LogP) is 4.14. The molecule has 0 aliphatic heterocycles. The van der Waals surface area contributed by atoms with Crippen LogP contribution in [0, 0.1) is 6.92 Å². The summed E-state index contributed by atoms with van der Waals surface area (Å²) in [5, 5.41) is 3.24. The van der Waals surface area contributed by atoms with E-state index in [0.717, 1.165) is 11.1 Å². The molecule has 0 spiro atoms. The molecule has 1 amide bonds. The van der Waals surface area contributed by atoms with Crippen LogP contribution in [0.1, 0.15) is 11.1 Å². The number of rotatable bonds is 8. The van der Waals surface area contributed by atoms with Gasteiger partial charge in [-0.3, -0.25) is 9.52 Å². The number of nitrogens with one attached hydrogen (secondary N) is 2. The van der Waals surface area contributed by atoms with E-state index in [0.29, 0.717) is 23.0 Å². The molecule has 3 aromatic carbocycles. The number of anilines is 1. The summed E-state index contributed by atoms with van der Waals surface area (Å²) in [6, 6.07) is 20.3. The second kappa shape index (κ2) is 9.65. The van der Waals surface area contributed by atoms with Crippen LogP contribution in [0.2, 0.25) is 5.02 Å². The van der Waals surface area contributed by atoms with Crippen LogP contribution < -0.4 is 14.8 Å². The number of benzene rings is 3. The summed E-state index contributed by atoms with van der Waals surface area (Å²) in [6.45, 7) is 2.08. The monoisotopic (exact) mass is 444 g/mol. The van der Waals surface area contributed by atoms with Crippen LogP contribution in [0.15, 0.2) is 77.7 Å². The van der Waals surface area contributed by atoms with Crippen molar-refractivity contribution in [3.8, 4) is 5.75 Å². The second-order valence-electron chi connectivity index (χ2n) is 6.59. The van der Waals surface area contributed by atoms with E-state index in [1.807, 2.05) is 37.3 Å². The Morgan fingerprint density at radius 2 is 1.70 bits per heavy atom. The standard InChI is InChI=1S/C22H21ClN2O4S/c1-16-7-8-18(13-21(16)23)25-30(27,28)20-11-9-19(10-12-20)29-15-22(26)24-14-17-5-3-2-4-6-17/h2-13,25H,14-15H2,1H3,(H,24,26). The third-order valence-electron chi connectivity index (χ3n) is 4.26. The Morgan fingerprint density at radius 3 is 2.37 bits per heavy atom. The third kappa shape index (κ3) is 5.98. The first-order valence-electron chi connectivity index (χ1n) is 9.16. The minimum Gasteiger partial charge on any atom is -0.484 e. The first-order chi connectivity index (χ1) is 14.3. The Balaban J connectivity index is 1.54. The number of carbonyl (C=O) groups is 1. The van der Waals surface area contributed by atoms with E-state index in [4.69, 9.17) is 16.3 Å². The highest BCUT2D eigenvalue weighted by Crippen LogP contribution is 2.23. The van der Waals surface area contributed by atoms with Gasteiger partial charge < -0.3 is 10.1 Å². The van der Waals surface area contributed by atoms with Gasteiger partial charge in [-0.05, 0) is 54.4 Å². The van der Waals surface area contributed by atoms with Crippen molar-refractivity contribution in [2.24, 2.45) is 0 Å². The molecule has 30 heavy (non-hydrogen) atoms. The predicted molar refractivity (Wildman–Crippen MR) is 117 cm³/mol.